The van der Waals surface area contributed by atoms with Crippen molar-refractivity contribution in [1.82, 2.24) is 9.55 Å². The standard InChI is InChI=1S/C12H17ClN2O3/c1-7(2)9-10(13)14-12(17)15(11(9)16)6-8-4-3-5-18-8/h7-8H,3-6H2,1-2H3,(H,14,17). The zero-order valence-corrected chi connectivity index (χ0v) is 11.3. The largest absolute Gasteiger partial charge is 0.376 e. The van der Waals surface area contributed by atoms with Crippen molar-refractivity contribution < 1.29 is 4.74 Å². The van der Waals surface area contributed by atoms with Gasteiger partial charge in [0.05, 0.1) is 18.2 Å². The second kappa shape index (κ2) is 5.28. The van der Waals surface area contributed by atoms with Gasteiger partial charge in [0.2, 0.25) is 0 Å². The third-order valence-electron chi connectivity index (χ3n) is 3.16. The second-order valence-corrected chi connectivity index (χ2v) is 5.24. The summed E-state index contributed by atoms with van der Waals surface area (Å²) < 4.78 is 6.64. The van der Waals surface area contributed by atoms with Gasteiger partial charge in [-0.05, 0) is 18.8 Å². The Bertz CT molecular complexity index is 541. The van der Waals surface area contributed by atoms with Crippen molar-refractivity contribution in [2.45, 2.75) is 45.3 Å². The van der Waals surface area contributed by atoms with E-state index in [1.165, 1.54) is 4.57 Å². The summed E-state index contributed by atoms with van der Waals surface area (Å²) in [6.07, 6.45) is 1.80. The molecule has 1 fully saturated rings. The van der Waals surface area contributed by atoms with Crippen molar-refractivity contribution in [1.29, 1.82) is 0 Å². The van der Waals surface area contributed by atoms with Crippen LogP contribution in [0.1, 0.15) is 38.2 Å². The van der Waals surface area contributed by atoms with Crippen molar-refractivity contribution in [2.75, 3.05) is 6.61 Å². The fourth-order valence-electron chi connectivity index (χ4n) is 2.22. The Morgan fingerprint density at radius 1 is 1.50 bits per heavy atom. The predicted molar refractivity (Wildman–Crippen MR) is 69.4 cm³/mol. The molecule has 18 heavy (non-hydrogen) atoms. The first-order chi connectivity index (χ1) is 8.50. The molecule has 1 unspecified atom stereocenters. The molecule has 100 valence electrons. The third kappa shape index (κ3) is 2.52. The molecule has 1 aliphatic heterocycles. The van der Waals surface area contributed by atoms with E-state index >= 15 is 0 Å². The number of halogens is 1. The van der Waals surface area contributed by atoms with E-state index < -0.39 is 5.69 Å². The average molecular weight is 273 g/mol. The highest BCUT2D eigenvalue weighted by Crippen LogP contribution is 2.17. The molecule has 1 aromatic heterocycles. The Balaban J connectivity index is 2.43. The van der Waals surface area contributed by atoms with Crippen LogP contribution in [0.3, 0.4) is 0 Å². The number of aromatic nitrogens is 2. The van der Waals surface area contributed by atoms with Gasteiger partial charge in [0, 0.05) is 6.61 Å². The third-order valence-corrected chi connectivity index (χ3v) is 3.46. The van der Waals surface area contributed by atoms with Crippen LogP contribution in [0.4, 0.5) is 0 Å². The molecular formula is C12H17ClN2O3. The van der Waals surface area contributed by atoms with Crippen molar-refractivity contribution in [2.24, 2.45) is 0 Å². The van der Waals surface area contributed by atoms with E-state index in [9.17, 15) is 9.59 Å². The van der Waals surface area contributed by atoms with Crippen LogP contribution in [0, 0.1) is 0 Å². The van der Waals surface area contributed by atoms with E-state index in [-0.39, 0.29) is 22.7 Å². The molecule has 0 radical (unpaired) electrons. The molecule has 1 aliphatic rings. The quantitative estimate of drug-likeness (QED) is 0.848. The Labute approximate surface area is 110 Å². The van der Waals surface area contributed by atoms with Crippen LogP contribution in [-0.4, -0.2) is 22.3 Å². The van der Waals surface area contributed by atoms with E-state index in [0.29, 0.717) is 18.7 Å². The van der Waals surface area contributed by atoms with Gasteiger partial charge in [-0.1, -0.05) is 25.4 Å². The number of nitrogens with zero attached hydrogens (tertiary/aromatic N) is 1. The first-order valence-corrected chi connectivity index (χ1v) is 6.52. The first kappa shape index (κ1) is 13.4. The number of H-pyrrole nitrogens is 1. The van der Waals surface area contributed by atoms with Gasteiger partial charge in [-0.2, -0.15) is 0 Å². The maximum Gasteiger partial charge on any atom is 0.329 e. The summed E-state index contributed by atoms with van der Waals surface area (Å²) in [6, 6.07) is 0. The SMILES string of the molecule is CC(C)c1c(Cl)[nH]c(=O)n(CC2CCCO2)c1=O. The van der Waals surface area contributed by atoms with E-state index in [1.807, 2.05) is 13.8 Å². The topological polar surface area (TPSA) is 64.1 Å². The molecule has 1 N–H and O–H groups in total. The molecule has 2 heterocycles. The average Bonchev–Trinajstić information content (AvgIpc) is 2.75. The van der Waals surface area contributed by atoms with Crippen LogP contribution in [0.2, 0.25) is 5.15 Å². The Morgan fingerprint density at radius 3 is 2.78 bits per heavy atom. The van der Waals surface area contributed by atoms with E-state index in [2.05, 4.69) is 4.98 Å². The fraction of sp³-hybridized carbons (Fsp3) is 0.667. The van der Waals surface area contributed by atoms with Gasteiger partial charge in [-0.25, -0.2) is 4.79 Å². The van der Waals surface area contributed by atoms with Gasteiger partial charge in [-0.15, -0.1) is 0 Å². The lowest BCUT2D eigenvalue weighted by atomic mass is 10.1. The highest BCUT2D eigenvalue weighted by Gasteiger charge is 2.21. The van der Waals surface area contributed by atoms with Crippen molar-refractivity contribution in [3.05, 3.63) is 31.6 Å². The van der Waals surface area contributed by atoms with Crippen LogP contribution in [0.25, 0.3) is 0 Å². The number of hydrogen-bond donors (Lipinski definition) is 1. The van der Waals surface area contributed by atoms with Gasteiger partial charge in [-0.3, -0.25) is 14.3 Å². The van der Waals surface area contributed by atoms with Crippen molar-refractivity contribution in [3.63, 3.8) is 0 Å². The Morgan fingerprint density at radius 2 is 2.22 bits per heavy atom. The summed E-state index contributed by atoms with van der Waals surface area (Å²) in [4.78, 5) is 26.6. The van der Waals surface area contributed by atoms with Crippen molar-refractivity contribution in [3.8, 4) is 0 Å². The molecule has 0 bridgehead atoms. The lowest BCUT2D eigenvalue weighted by Crippen LogP contribution is -2.40. The van der Waals surface area contributed by atoms with E-state index in [4.69, 9.17) is 16.3 Å². The number of hydrogen-bond acceptors (Lipinski definition) is 3. The van der Waals surface area contributed by atoms with Gasteiger partial charge >= 0.3 is 5.69 Å². The summed E-state index contributed by atoms with van der Waals surface area (Å²) in [5.74, 6) is -0.0300. The predicted octanol–water partition coefficient (Wildman–Crippen LogP) is 1.49. The molecule has 0 aliphatic carbocycles. The first-order valence-electron chi connectivity index (χ1n) is 6.14. The van der Waals surface area contributed by atoms with Crippen LogP contribution in [-0.2, 0) is 11.3 Å². The summed E-state index contributed by atoms with van der Waals surface area (Å²) in [5.41, 5.74) is -0.326. The maximum absolute atomic E-state index is 12.2. The minimum atomic E-state index is -0.468. The van der Waals surface area contributed by atoms with Crippen molar-refractivity contribution >= 4 is 11.6 Å². The number of aromatic amines is 1. The molecule has 1 aromatic rings. The van der Waals surface area contributed by atoms with E-state index in [0.717, 1.165) is 12.8 Å². The highest BCUT2D eigenvalue weighted by molar-refractivity contribution is 6.30. The number of ether oxygens (including phenoxy) is 1. The highest BCUT2D eigenvalue weighted by atomic mass is 35.5. The Kier molecular flexibility index (Phi) is 3.92. The lowest BCUT2D eigenvalue weighted by Gasteiger charge is -2.14. The van der Waals surface area contributed by atoms with E-state index in [1.54, 1.807) is 0 Å². The second-order valence-electron chi connectivity index (χ2n) is 4.86. The lowest BCUT2D eigenvalue weighted by molar-refractivity contribution is 0.0949. The monoisotopic (exact) mass is 272 g/mol. The summed E-state index contributed by atoms with van der Waals surface area (Å²) >= 11 is 5.92. The molecule has 0 amide bonds. The van der Waals surface area contributed by atoms with Crippen LogP contribution in [0.5, 0.6) is 0 Å². The maximum atomic E-state index is 12.2. The zero-order chi connectivity index (χ0) is 13.3. The molecule has 1 atom stereocenters. The van der Waals surface area contributed by atoms with Crippen LogP contribution >= 0.6 is 11.6 Å². The molecule has 5 nitrogen and oxygen atoms in total. The molecule has 6 heteroatoms. The minimum Gasteiger partial charge on any atom is -0.376 e. The molecular weight excluding hydrogens is 256 g/mol. The molecule has 1 saturated heterocycles. The molecule has 2 rings (SSSR count). The van der Waals surface area contributed by atoms with Gasteiger partial charge in [0.25, 0.3) is 5.56 Å². The smallest absolute Gasteiger partial charge is 0.329 e. The van der Waals surface area contributed by atoms with Crippen LogP contribution in [0.15, 0.2) is 9.59 Å². The molecule has 0 saturated carbocycles. The number of rotatable bonds is 3. The van der Waals surface area contributed by atoms with Gasteiger partial charge in [0.1, 0.15) is 5.15 Å². The van der Waals surface area contributed by atoms with Gasteiger partial charge < -0.3 is 4.74 Å². The summed E-state index contributed by atoms with van der Waals surface area (Å²) in [5, 5.41) is 0.142. The molecule has 0 aromatic carbocycles. The summed E-state index contributed by atoms with van der Waals surface area (Å²) in [7, 11) is 0. The normalized spacial score (nSPS) is 19.7. The minimum absolute atomic E-state index is 0.0300. The van der Waals surface area contributed by atoms with Crippen LogP contribution < -0.4 is 11.2 Å². The molecule has 0 spiro atoms. The Hall–Kier alpha value is -1.07. The van der Waals surface area contributed by atoms with Gasteiger partial charge in [0.15, 0.2) is 0 Å². The zero-order valence-electron chi connectivity index (χ0n) is 10.5. The number of nitrogens with one attached hydrogen (secondary N) is 1. The fourth-order valence-corrected chi connectivity index (χ4v) is 2.60. The summed E-state index contributed by atoms with van der Waals surface area (Å²) in [6.45, 7) is 4.74.